The minimum absolute atomic E-state index is 0. The highest BCUT2D eigenvalue weighted by molar-refractivity contribution is 7.99. The van der Waals surface area contributed by atoms with Crippen LogP contribution < -0.4 is 0 Å². The van der Waals surface area contributed by atoms with Gasteiger partial charge in [-0.05, 0) is 111 Å². The third-order valence-corrected chi connectivity index (χ3v) is 11.9. The molecule has 9 aromatic rings. The number of halogens is 2. The van der Waals surface area contributed by atoms with E-state index < -0.39 is 0 Å². The van der Waals surface area contributed by atoms with Gasteiger partial charge in [0, 0.05) is 67.0 Å². The van der Waals surface area contributed by atoms with E-state index in [1.54, 1.807) is 53.9 Å². The zero-order chi connectivity index (χ0) is 43.6. The Balaban J connectivity index is 0.000000198. The van der Waals surface area contributed by atoms with Crippen LogP contribution in [0.5, 0.6) is 0 Å². The molecule has 0 aliphatic heterocycles. The average molecular weight is 926 g/mol. The third kappa shape index (κ3) is 10.2. The second kappa shape index (κ2) is 22.3. The Morgan fingerprint density at radius 3 is 1.35 bits per heavy atom. The van der Waals surface area contributed by atoms with Gasteiger partial charge < -0.3 is 10.3 Å². The number of thioether (sulfide) groups is 3. The number of aliphatic hydroxyl groups is 1. The fraction of sp³-hybridized carbons (Fsp3) is 0.191. The first kappa shape index (κ1) is 47.9. The number of rotatable bonds is 6. The molecular weight excluding hydrogens is 878 g/mol. The number of aldehydes is 1. The predicted molar refractivity (Wildman–Crippen MR) is 267 cm³/mol. The molecule has 0 radical (unpaired) electrons. The summed E-state index contributed by atoms with van der Waals surface area (Å²) in [5, 5.41) is 27.9. The molecule has 62 heavy (non-hydrogen) atoms. The maximum absolute atomic E-state index is 11.0. The lowest BCUT2D eigenvalue weighted by Gasteiger charge is -2.11. The second-order valence-corrected chi connectivity index (χ2v) is 16.8. The molecule has 0 atom stereocenters. The Morgan fingerprint density at radius 1 is 0.613 bits per heavy atom. The highest BCUT2D eigenvalue weighted by Crippen LogP contribution is 2.35. The van der Waals surface area contributed by atoms with Crippen molar-refractivity contribution in [3.63, 3.8) is 0 Å². The van der Waals surface area contributed by atoms with Crippen molar-refractivity contribution in [2.45, 2.75) is 49.5 Å². The first-order valence-corrected chi connectivity index (χ1v) is 23.4. The van der Waals surface area contributed by atoms with Crippen molar-refractivity contribution in [3.8, 4) is 0 Å². The van der Waals surface area contributed by atoms with Crippen molar-refractivity contribution in [2.75, 3.05) is 24.1 Å². The predicted octanol–water partition coefficient (Wildman–Crippen LogP) is 12.9. The number of aromatic nitrogens is 6. The quantitative estimate of drug-likeness (QED) is 0.0311. The van der Waals surface area contributed by atoms with Gasteiger partial charge in [0.2, 0.25) is 0 Å². The van der Waals surface area contributed by atoms with E-state index in [2.05, 4.69) is 74.0 Å². The van der Waals surface area contributed by atoms with E-state index in [1.807, 2.05) is 73.4 Å². The molecule has 0 unspecified atom stereocenters. The number of hydrogen-bond donors (Lipinski definition) is 2. The summed E-state index contributed by atoms with van der Waals surface area (Å²) in [5.41, 5.74) is 10.4. The summed E-state index contributed by atoms with van der Waals surface area (Å²) in [6.07, 6.45) is 13.5. The molecule has 320 valence electrons. The number of carbonyl (C=O) groups is 1. The lowest BCUT2D eigenvalue weighted by molar-refractivity contribution is 0.111. The minimum Gasteiger partial charge on any atom is -0.411 e. The highest BCUT2D eigenvalue weighted by Gasteiger charge is 2.15. The van der Waals surface area contributed by atoms with E-state index in [1.165, 1.54) is 17.3 Å². The smallest absolute Gasteiger partial charge is 0.168 e. The van der Waals surface area contributed by atoms with Crippen LogP contribution in [0.3, 0.4) is 0 Å². The van der Waals surface area contributed by atoms with Gasteiger partial charge in [-0.3, -0.25) is 19.7 Å². The number of pyridine rings is 6. The normalized spacial score (nSPS) is 10.9. The molecule has 0 aliphatic rings. The third-order valence-electron chi connectivity index (χ3n) is 9.66. The molecule has 0 amide bonds. The summed E-state index contributed by atoms with van der Waals surface area (Å²) >= 11 is 14.5. The number of carbonyl (C=O) groups excluding carboxylic acids is 1. The van der Waals surface area contributed by atoms with E-state index in [-0.39, 0.29) is 20.8 Å². The SMILES string of the molecule is C.CSc1cc(/C=N/O)nc2c1c(C)cc1cccnc12.CSc1cc(C=O)nc2c1c(C)cc1cccnc12.CSc1cc(CO)nc2c1c(C)cc1cccnc12.ClCCl.[2HH]. The van der Waals surface area contributed by atoms with Crippen molar-refractivity contribution >= 4 is 136 Å². The monoisotopic (exact) mass is 924 g/mol. The molecule has 15 heteroatoms. The van der Waals surface area contributed by atoms with Crippen LogP contribution in [-0.2, 0) is 6.61 Å². The number of fused-ring (bicyclic) bond motifs is 9. The maximum Gasteiger partial charge on any atom is 0.168 e. The molecule has 0 saturated heterocycles. The van der Waals surface area contributed by atoms with Crippen molar-refractivity contribution in [2.24, 2.45) is 5.16 Å². The Hall–Kier alpha value is -5.15. The molecule has 6 heterocycles. The van der Waals surface area contributed by atoms with Gasteiger partial charge in [-0.25, -0.2) is 15.0 Å². The summed E-state index contributed by atoms with van der Waals surface area (Å²) < 4.78 is 0. The molecular formula is C47H47Cl2N7O3S3. The van der Waals surface area contributed by atoms with Crippen LogP contribution in [0.2, 0.25) is 0 Å². The van der Waals surface area contributed by atoms with Crippen molar-refractivity contribution in [1.29, 1.82) is 0 Å². The van der Waals surface area contributed by atoms with Crippen LogP contribution in [0.15, 0.2) is 111 Å². The lowest BCUT2D eigenvalue weighted by Crippen LogP contribution is -1.95. The van der Waals surface area contributed by atoms with Gasteiger partial charge in [0.1, 0.15) is 5.69 Å². The number of aryl methyl sites for hydroxylation is 3. The fourth-order valence-corrected chi connectivity index (χ4v) is 9.29. The summed E-state index contributed by atoms with van der Waals surface area (Å²) in [7, 11) is 0. The zero-order valence-corrected chi connectivity index (χ0v) is 38.1. The number of benzene rings is 3. The number of nitrogens with zero attached hydrogens (tertiary/aromatic N) is 7. The Labute approximate surface area is 384 Å². The Kier molecular flexibility index (Phi) is 17.2. The summed E-state index contributed by atoms with van der Waals surface area (Å²) in [5.74, 6) is 0. The number of aliphatic hydroxyl groups excluding tert-OH is 1. The van der Waals surface area contributed by atoms with E-state index >= 15 is 0 Å². The van der Waals surface area contributed by atoms with E-state index in [0.717, 1.165) is 92.0 Å². The van der Waals surface area contributed by atoms with E-state index in [4.69, 9.17) is 28.4 Å². The molecule has 10 nitrogen and oxygen atoms in total. The van der Waals surface area contributed by atoms with Gasteiger partial charge in [0.15, 0.2) is 6.29 Å². The van der Waals surface area contributed by atoms with Crippen molar-refractivity contribution < 1.29 is 16.5 Å². The first-order chi connectivity index (χ1) is 29.6. The zero-order valence-electron chi connectivity index (χ0n) is 34.1. The number of alkyl halides is 2. The molecule has 2 N–H and O–H groups in total. The number of oxime groups is 1. The summed E-state index contributed by atoms with van der Waals surface area (Å²) in [4.78, 5) is 41.3. The van der Waals surface area contributed by atoms with Gasteiger partial charge in [-0.15, -0.1) is 58.5 Å². The molecule has 0 bridgehead atoms. The molecule has 3 aromatic carbocycles. The largest absolute Gasteiger partial charge is 0.411 e. The number of hydrogen-bond acceptors (Lipinski definition) is 13. The van der Waals surface area contributed by atoms with Gasteiger partial charge in [0.25, 0.3) is 0 Å². The molecule has 0 fully saturated rings. The van der Waals surface area contributed by atoms with Gasteiger partial charge in [0.05, 0.1) is 62.6 Å². The van der Waals surface area contributed by atoms with E-state index in [9.17, 15) is 9.90 Å². The Bertz CT molecular complexity index is 3090. The van der Waals surface area contributed by atoms with Gasteiger partial charge in [-0.1, -0.05) is 30.8 Å². The van der Waals surface area contributed by atoms with E-state index in [0.29, 0.717) is 17.1 Å². The first-order valence-electron chi connectivity index (χ1n) is 18.7. The molecule has 9 rings (SSSR count). The second-order valence-electron chi connectivity index (χ2n) is 13.4. The van der Waals surface area contributed by atoms with Crippen LogP contribution in [0.1, 0.15) is 47.4 Å². The Morgan fingerprint density at radius 2 is 0.984 bits per heavy atom. The van der Waals surface area contributed by atoms with Crippen molar-refractivity contribution in [3.05, 3.63) is 125 Å². The standard InChI is InChI=1S/C15H13N3OS.C15H14N2OS.C15H12N2OS.CH2Cl2.CH4.H2/c1-9-6-10-4-3-5-16-14(10)15-13(9)12(20-2)7-11(18-15)8-17-19;2*1-9-6-10-4-3-5-16-14(10)15-13(9)12(19-2)7-11(8-18)17-15;2-1-3;;/h3-8,19H,1-2H3;3-7,18H,8H2,1-2H3;3-8H,1-2H3;1H2;1H4;1H/b17-8+;;;;;/i;;;;;1+1. The average Bonchev–Trinajstić information content (AvgIpc) is 3.28. The summed E-state index contributed by atoms with van der Waals surface area (Å²) in [6, 6.07) is 24.0. The lowest BCUT2D eigenvalue weighted by atomic mass is 10.0. The van der Waals surface area contributed by atoms with Crippen LogP contribution in [-0.4, -0.2) is 76.8 Å². The molecule has 6 aromatic heterocycles. The highest BCUT2D eigenvalue weighted by atomic mass is 35.5. The molecule has 0 spiro atoms. The molecule has 0 aliphatic carbocycles. The van der Waals surface area contributed by atoms with Gasteiger partial charge in [-0.2, -0.15) is 0 Å². The minimum atomic E-state index is -0.0498. The van der Waals surface area contributed by atoms with Crippen LogP contribution in [0, 0.1) is 20.8 Å². The fourth-order valence-electron chi connectivity index (χ4n) is 7.17. The molecule has 0 saturated carbocycles. The van der Waals surface area contributed by atoms with Gasteiger partial charge >= 0.3 is 0 Å². The van der Waals surface area contributed by atoms with Crippen molar-refractivity contribution in [1.82, 2.24) is 29.9 Å². The topological polar surface area (TPSA) is 147 Å². The summed E-state index contributed by atoms with van der Waals surface area (Å²) in [6.45, 7) is 6.19. The van der Waals surface area contributed by atoms with Crippen LogP contribution in [0.4, 0.5) is 0 Å². The maximum atomic E-state index is 11.0. The van der Waals surface area contributed by atoms with Crippen LogP contribution >= 0.6 is 58.5 Å². The van der Waals surface area contributed by atoms with Crippen LogP contribution in [0.25, 0.3) is 65.4 Å².